The number of hydrogen-bond acceptors (Lipinski definition) is 6. The van der Waals surface area contributed by atoms with Gasteiger partial charge in [-0.25, -0.2) is 15.0 Å². The van der Waals surface area contributed by atoms with E-state index < -0.39 is 0 Å². The molecule has 1 aliphatic rings. The molecule has 28 heavy (non-hydrogen) atoms. The van der Waals surface area contributed by atoms with Crippen LogP contribution in [0.2, 0.25) is 0 Å². The van der Waals surface area contributed by atoms with Crippen LogP contribution in [0.1, 0.15) is 17.7 Å². The molecule has 0 saturated carbocycles. The summed E-state index contributed by atoms with van der Waals surface area (Å²) in [6, 6.07) is 10.2. The fourth-order valence-electron chi connectivity index (χ4n) is 3.25. The Labute approximate surface area is 168 Å². The summed E-state index contributed by atoms with van der Waals surface area (Å²) < 4.78 is 0. The van der Waals surface area contributed by atoms with Gasteiger partial charge in [0, 0.05) is 55.9 Å². The zero-order chi connectivity index (χ0) is 19.3. The number of hydrogen-bond donors (Lipinski definition) is 0. The second-order valence-electron chi connectivity index (χ2n) is 6.93. The minimum absolute atomic E-state index is 0.193. The van der Waals surface area contributed by atoms with Crippen LogP contribution in [0.25, 0.3) is 10.6 Å². The topological polar surface area (TPSA) is 62.2 Å². The van der Waals surface area contributed by atoms with Crippen LogP contribution in [0.4, 0.5) is 5.95 Å². The predicted molar refractivity (Wildman–Crippen MR) is 111 cm³/mol. The normalized spacial score (nSPS) is 14.3. The molecule has 3 heterocycles. The largest absolute Gasteiger partial charge is 0.339 e. The molecule has 7 heteroatoms. The molecule has 1 saturated heterocycles. The molecule has 1 aliphatic heterocycles. The highest BCUT2D eigenvalue weighted by atomic mass is 32.1. The van der Waals surface area contributed by atoms with Gasteiger partial charge in [-0.1, -0.05) is 29.8 Å². The molecule has 0 bridgehead atoms. The summed E-state index contributed by atoms with van der Waals surface area (Å²) in [6.07, 6.45) is 4.68. The van der Waals surface area contributed by atoms with Crippen molar-refractivity contribution in [2.45, 2.75) is 19.8 Å². The highest BCUT2D eigenvalue weighted by Crippen LogP contribution is 2.24. The molecule has 4 rings (SSSR count). The lowest BCUT2D eigenvalue weighted by Crippen LogP contribution is -2.49. The minimum Gasteiger partial charge on any atom is -0.339 e. The molecule has 6 nitrogen and oxygen atoms in total. The van der Waals surface area contributed by atoms with E-state index in [1.54, 1.807) is 23.7 Å². The van der Waals surface area contributed by atoms with Crippen molar-refractivity contribution in [3.05, 3.63) is 59.4 Å². The lowest BCUT2D eigenvalue weighted by Gasteiger charge is -2.34. The monoisotopic (exact) mass is 393 g/mol. The molecule has 1 aromatic carbocycles. The number of anilines is 1. The van der Waals surface area contributed by atoms with Gasteiger partial charge in [0.1, 0.15) is 5.01 Å². The molecule has 2 aromatic heterocycles. The van der Waals surface area contributed by atoms with Crippen LogP contribution < -0.4 is 4.90 Å². The molecule has 3 aromatic rings. The van der Waals surface area contributed by atoms with Gasteiger partial charge in [0.15, 0.2) is 0 Å². The van der Waals surface area contributed by atoms with Gasteiger partial charge in [0.2, 0.25) is 11.9 Å². The van der Waals surface area contributed by atoms with E-state index in [4.69, 9.17) is 4.98 Å². The summed E-state index contributed by atoms with van der Waals surface area (Å²) in [5.41, 5.74) is 3.36. The zero-order valence-corrected chi connectivity index (χ0v) is 16.7. The molecule has 0 N–H and O–H groups in total. The van der Waals surface area contributed by atoms with E-state index >= 15 is 0 Å². The van der Waals surface area contributed by atoms with Crippen molar-refractivity contribution < 1.29 is 4.79 Å². The minimum atomic E-state index is 0.193. The number of amides is 1. The SMILES string of the molecule is Cc1ccc(-c2nc(CCC(=O)N3CCN(c4ncccn4)CC3)cs2)cc1. The third-order valence-corrected chi connectivity index (χ3v) is 5.85. The fraction of sp³-hybridized carbons (Fsp3) is 0.333. The van der Waals surface area contributed by atoms with Crippen molar-refractivity contribution in [1.82, 2.24) is 19.9 Å². The number of benzene rings is 1. The van der Waals surface area contributed by atoms with E-state index in [1.807, 2.05) is 11.0 Å². The molecule has 0 spiro atoms. The third kappa shape index (κ3) is 4.36. The van der Waals surface area contributed by atoms with Crippen LogP contribution >= 0.6 is 11.3 Å². The number of aromatic nitrogens is 3. The van der Waals surface area contributed by atoms with Crippen LogP contribution in [0.15, 0.2) is 48.1 Å². The number of aryl methyl sites for hydroxylation is 2. The highest BCUT2D eigenvalue weighted by molar-refractivity contribution is 7.13. The third-order valence-electron chi connectivity index (χ3n) is 4.91. The van der Waals surface area contributed by atoms with Gasteiger partial charge in [-0.15, -0.1) is 11.3 Å². The number of carbonyl (C=O) groups excluding carboxylic acids is 1. The van der Waals surface area contributed by atoms with E-state index in [-0.39, 0.29) is 5.91 Å². The lowest BCUT2D eigenvalue weighted by atomic mass is 10.1. The Morgan fingerprint density at radius 3 is 2.50 bits per heavy atom. The molecule has 1 fully saturated rings. The Kier molecular flexibility index (Phi) is 5.62. The molecule has 0 atom stereocenters. The Morgan fingerprint density at radius 1 is 1.07 bits per heavy atom. The highest BCUT2D eigenvalue weighted by Gasteiger charge is 2.22. The van der Waals surface area contributed by atoms with Crippen molar-refractivity contribution in [1.29, 1.82) is 0 Å². The average Bonchev–Trinajstić information content (AvgIpc) is 3.22. The Balaban J connectivity index is 1.28. The van der Waals surface area contributed by atoms with Crippen LogP contribution in [0.5, 0.6) is 0 Å². The van der Waals surface area contributed by atoms with E-state index in [0.29, 0.717) is 25.9 Å². The average molecular weight is 394 g/mol. The van der Waals surface area contributed by atoms with Crippen molar-refractivity contribution in [3.63, 3.8) is 0 Å². The summed E-state index contributed by atoms with van der Waals surface area (Å²) in [6.45, 7) is 5.04. The maximum atomic E-state index is 12.6. The molecule has 144 valence electrons. The first-order valence-corrected chi connectivity index (χ1v) is 10.4. The van der Waals surface area contributed by atoms with E-state index in [0.717, 1.165) is 35.3 Å². The summed E-state index contributed by atoms with van der Waals surface area (Å²) in [7, 11) is 0. The van der Waals surface area contributed by atoms with Crippen molar-refractivity contribution in [2.75, 3.05) is 31.1 Å². The Hall–Kier alpha value is -2.80. The first kappa shape index (κ1) is 18.6. The number of nitrogens with zero attached hydrogens (tertiary/aromatic N) is 5. The summed E-state index contributed by atoms with van der Waals surface area (Å²) in [5, 5.41) is 3.08. The van der Waals surface area contributed by atoms with Crippen LogP contribution in [0.3, 0.4) is 0 Å². The summed E-state index contributed by atoms with van der Waals surface area (Å²) in [5.74, 6) is 0.930. The van der Waals surface area contributed by atoms with Crippen molar-refractivity contribution >= 4 is 23.2 Å². The molecular formula is C21H23N5OS. The van der Waals surface area contributed by atoms with Crippen LogP contribution in [-0.2, 0) is 11.2 Å². The number of thiazole rings is 1. The molecule has 0 unspecified atom stereocenters. The van der Waals surface area contributed by atoms with Gasteiger partial charge < -0.3 is 9.80 Å². The summed E-state index contributed by atoms with van der Waals surface area (Å²) >= 11 is 1.64. The molecule has 0 aliphatic carbocycles. The summed E-state index contributed by atoms with van der Waals surface area (Å²) in [4.78, 5) is 29.9. The maximum absolute atomic E-state index is 12.6. The van der Waals surface area contributed by atoms with Gasteiger partial charge in [0.25, 0.3) is 0 Å². The van der Waals surface area contributed by atoms with E-state index in [9.17, 15) is 4.79 Å². The maximum Gasteiger partial charge on any atom is 0.225 e. The van der Waals surface area contributed by atoms with Gasteiger partial charge in [-0.05, 0) is 19.4 Å². The number of carbonyl (C=O) groups is 1. The molecular weight excluding hydrogens is 370 g/mol. The van der Waals surface area contributed by atoms with Gasteiger partial charge >= 0.3 is 0 Å². The van der Waals surface area contributed by atoms with Gasteiger partial charge in [-0.2, -0.15) is 0 Å². The number of rotatable bonds is 5. The zero-order valence-electron chi connectivity index (χ0n) is 15.9. The Morgan fingerprint density at radius 2 is 1.79 bits per heavy atom. The van der Waals surface area contributed by atoms with Crippen molar-refractivity contribution in [3.8, 4) is 10.6 Å². The van der Waals surface area contributed by atoms with Crippen LogP contribution in [0, 0.1) is 6.92 Å². The van der Waals surface area contributed by atoms with E-state index in [2.05, 4.69) is 51.4 Å². The quantitative estimate of drug-likeness (QED) is 0.666. The Bertz CT molecular complexity index is 917. The first-order chi connectivity index (χ1) is 13.7. The standard InChI is InChI=1S/C21H23N5OS/c1-16-3-5-17(6-4-16)20-24-18(15-28-20)7-8-19(27)25-11-13-26(14-12-25)21-22-9-2-10-23-21/h2-6,9-10,15H,7-8,11-14H2,1H3. The fourth-order valence-corrected chi connectivity index (χ4v) is 4.11. The van der Waals surface area contributed by atoms with E-state index in [1.165, 1.54) is 5.56 Å². The molecule has 0 radical (unpaired) electrons. The second kappa shape index (κ2) is 8.48. The smallest absolute Gasteiger partial charge is 0.225 e. The van der Waals surface area contributed by atoms with Gasteiger partial charge in [-0.3, -0.25) is 4.79 Å². The second-order valence-corrected chi connectivity index (χ2v) is 7.78. The van der Waals surface area contributed by atoms with Crippen molar-refractivity contribution in [2.24, 2.45) is 0 Å². The van der Waals surface area contributed by atoms with Crippen LogP contribution in [-0.4, -0.2) is 51.9 Å². The number of piperazine rings is 1. The first-order valence-electron chi connectivity index (χ1n) is 9.50. The predicted octanol–water partition coefficient (Wildman–Crippen LogP) is 3.19. The van der Waals surface area contributed by atoms with Gasteiger partial charge in [0.05, 0.1) is 5.69 Å². The molecule has 1 amide bonds. The lowest BCUT2D eigenvalue weighted by molar-refractivity contribution is -0.131.